The zero-order valence-electron chi connectivity index (χ0n) is 33.6. The SMILES string of the molecule is CC(C)(C)c1ccc(-c2cccc3c2C=C(C2CCCC2)[CH]3[Hf+2]2([CH]3C(C4CCCC4)=Cc4c(-c5ccc(C(C)(C)C)cc5)cccc43)[CH2]C[CH2]2)cc1.[Cl-].[Cl-]. The van der Waals surface area contributed by atoms with Gasteiger partial charge in [0, 0.05) is 0 Å². The van der Waals surface area contributed by atoms with Crippen LogP contribution in [0.15, 0.2) is 96.1 Å². The molecule has 3 heteroatoms. The molecule has 9 rings (SSSR count). The maximum absolute atomic E-state index is 3.17. The van der Waals surface area contributed by atoms with E-state index in [1.165, 1.54) is 91.2 Å². The average Bonchev–Trinajstić information content (AvgIpc) is 3.94. The molecule has 1 saturated heterocycles. The van der Waals surface area contributed by atoms with Crippen LogP contribution in [0.2, 0.25) is 8.35 Å². The predicted octanol–water partition coefficient (Wildman–Crippen LogP) is 8.97. The van der Waals surface area contributed by atoms with Crippen LogP contribution in [-0.4, -0.2) is 0 Å². The summed E-state index contributed by atoms with van der Waals surface area (Å²) in [5, 5.41) is 0. The molecule has 282 valence electrons. The molecule has 1 aliphatic heterocycles. The molecule has 0 radical (unpaired) electrons. The third-order valence-electron chi connectivity index (χ3n) is 14.4. The summed E-state index contributed by atoms with van der Waals surface area (Å²) in [5.74, 6) is 1.55. The van der Waals surface area contributed by atoms with Gasteiger partial charge in [-0.2, -0.15) is 0 Å². The monoisotopic (exact) mass is 922 g/mol. The van der Waals surface area contributed by atoms with Crippen LogP contribution in [0.5, 0.6) is 0 Å². The number of allylic oxidation sites excluding steroid dienone is 2. The van der Waals surface area contributed by atoms with Gasteiger partial charge in [-0.3, -0.25) is 0 Å². The van der Waals surface area contributed by atoms with Gasteiger partial charge in [0.15, 0.2) is 0 Å². The molecular formula is C51H60Cl2Hf. The first-order valence-corrected chi connectivity index (χ1v) is 30.2. The minimum atomic E-state index is -3.17. The molecule has 3 fully saturated rings. The third kappa shape index (κ3) is 6.83. The largest absolute Gasteiger partial charge is 1.00 e. The molecule has 54 heavy (non-hydrogen) atoms. The molecule has 0 bridgehead atoms. The molecule has 0 amide bonds. The van der Waals surface area contributed by atoms with Crippen molar-refractivity contribution in [2.45, 2.75) is 126 Å². The summed E-state index contributed by atoms with van der Waals surface area (Å²) < 4.78 is 4.57. The number of hydrogen-bond acceptors (Lipinski definition) is 0. The van der Waals surface area contributed by atoms with Crippen molar-refractivity contribution in [3.05, 3.63) is 129 Å². The quantitative estimate of drug-likeness (QED) is 0.170. The molecule has 4 aliphatic carbocycles. The summed E-state index contributed by atoms with van der Waals surface area (Å²) >= 11 is -3.17. The number of hydrogen-bond donors (Lipinski definition) is 0. The maximum Gasteiger partial charge on any atom is -1.00 e. The summed E-state index contributed by atoms with van der Waals surface area (Å²) in [7, 11) is 0. The van der Waals surface area contributed by atoms with Crippen LogP contribution in [0.1, 0.15) is 140 Å². The van der Waals surface area contributed by atoms with E-state index in [0.29, 0.717) is 0 Å². The Morgan fingerprint density at radius 2 is 0.833 bits per heavy atom. The fraction of sp³-hybridized carbons (Fsp3) is 0.451. The molecule has 2 unspecified atom stereocenters. The normalized spacial score (nSPS) is 21.5. The van der Waals surface area contributed by atoms with E-state index in [1.54, 1.807) is 30.6 Å². The van der Waals surface area contributed by atoms with Crippen molar-refractivity contribution >= 4 is 12.2 Å². The Hall–Kier alpha value is -2.19. The van der Waals surface area contributed by atoms with Gasteiger partial charge in [0.05, 0.1) is 0 Å². The predicted molar refractivity (Wildman–Crippen MR) is 221 cm³/mol. The summed E-state index contributed by atoms with van der Waals surface area (Å²) in [4.78, 5) is 0. The van der Waals surface area contributed by atoms with Crippen LogP contribution >= 0.6 is 0 Å². The van der Waals surface area contributed by atoms with E-state index in [0.717, 1.165) is 19.2 Å². The molecule has 5 aliphatic rings. The van der Waals surface area contributed by atoms with E-state index in [1.807, 2.05) is 11.1 Å². The van der Waals surface area contributed by atoms with Crippen LogP contribution in [0, 0.1) is 11.8 Å². The molecule has 4 aromatic carbocycles. The molecule has 1 heterocycles. The summed E-state index contributed by atoms with van der Waals surface area (Å²) in [5.41, 5.74) is 19.3. The van der Waals surface area contributed by atoms with E-state index in [4.69, 9.17) is 0 Å². The van der Waals surface area contributed by atoms with Crippen molar-refractivity contribution < 1.29 is 44.8 Å². The zero-order chi connectivity index (χ0) is 35.8. The van der Waals surface area contributed by atoms with Gasteiger partial charge in [0.25, 0.3) is 0 Å². The van der Waals surface area contributed by atoms with E-state index < -0.39 is 20.0 Å². The summed E-state index contributed by atoms with van der Waals surface area (Å²) in [6, 6.07) is 34.2. The van der Waals surface area contributed by atoms with Gasteiger partial charge in [-0.1, -0.05) is 0 Å². The van der Waals surface area contributed by atoms with Crippen LogP contribution in [0.25, 0.3) is 34.4 Å². The van der Waals surface area contributed by atoms with Crippen LogP contribution < -0.4 is 24.8 Å². The van der Waals surface area contributed by atoms with Gasteiger partial charge in [0.2, 0.25) is 0 Å². The van der Waals surface area contributed by atoms with E-state index in [9.17, 15) is 0 Å². The number of benzene rings is 4. The minimum absolute atomic E-state index is 0. The molecule has 2 atom stereocenters. The molecule has 0 N–H and O–H groups in total. The van der Waals surface area contributed by atoms with Crippen LogP contribution in [0.4, 0.5) is 0 Å². The van der Waals surface area contributed by atoms with E-state index in [-0.39, 0.29) is 35.6 Å². The average molecular weight is 922 g/mol. The molecule has 0 nitrogen and oxygen atoms in total. The Kier molecular flexibility index (Phi) is 11.3. The Bertz CT molecular complexity index is 1890. The number of halogens is 2. The molecule has 0 spiro atoms. The van der Waals surface area contributed by atoms with Crippen molar-refractivity contribution in [2.24, 2.45) is 11.8 Å². The number of rotatable bonds is 6. The molecule has 4 aromatic rings. The van der Waals surface area contributed by atoms with Gasteiger partial charge in [-0.25, -0.2) is 0 Å². The van der Waals surface area contributed by atoms with E-state index >= 15 is 0 Å². The zero-order valence-corrected chi connectivity index (χ0v) is 38.7. The van der Waals surface area contributed by atoms with E-state index in [2.05, 4.69) is 139 Å². The maximum atomic E-state index is 2.80. The summed E-state index contributed by atoms with van der Waals surface area (Å²) in [6.07, 6.45) is 18.3. The second kappa shape index (κ2) is 15.3. The second-order valence-corrected chi connectivity index (χ2v) is 36.1. The molecule has 0 aromatic heterocycles. The molecule has 2 saturated carbocycles. The van der Waals surface area contributed by atoms with Crippen LogP contribution in [0.3, 0.4) is 0 Å². The first-order valence-electron chi connectivity index (χ1n) is 20.9. The second-order valence-electron chi connectivity index (χ2n) is 19.5. The van der Waals surface area contributed by atoms with Crippen molar-refractivity contribution in [3.8, 4) is 22.3 Å². The Morgan fingerprint density at radius 1 is 0.463 bits per heavy atom. The van der Waals surface area contributed by atoms with Crippen molar-refractivity contribution in [1.29, 1.82) is 0 Å². The fourth-order valence-electron chi connectivity index (χ4n) is 11.5. The first kappa shape index (κ1) is 40.0. The third-order valence-corrected chi connectivity index (χ3v) is 36.5. The standard InChI is InChI=1S/2C24H27.C3H6.2ClH.Hf/c2*1-24(2,3)21-13-11-18(12-14-21)22-10-6-9-19-15-20(16-23(19)22)17-7-4-5-8-17;1-3-2;;;/h2*6,9-17H,4-5,7-8H2,1-3H3;1-3H2;2*1H;/q;;;;;+2/p-2. The van der Waals surface area contributed by atoms with Gasteiger partial charge in [-0.05, 0) is 0 Å². The van der Waals surface area contributed by atoms with Crippen molar-refractivity contribution in [3.63, 3.8) is 0 Å². The fourth-order valence-corrected chi connectivity index (χ4v) is 34.4. The Labute approximate surface area is 343 Å². The number of fused-ring (bicyclic) bond motifs is 2. The Morgan fingerprint density at radius 3 is 1.15 bits per heavy atom. The van der Waals surface area contributed by atoms with Gasteiger partial charge < -0.3 is 24.8 Å². The smallest absolute Gasteiger partial charge is 1.00 e. The minimum Gasteiger partial charge on any atom is -1.00 e. The topological polar surface area (TPSA) is 0 Å². The van der Waals surface area contributed by atoms with Gasteiger partial charge in [-0.15, -0.1) is 0 Å². The first-order chi connectivity index (χ1) is 25.0. The van der Waals surface area contributed by atoms with Crippen molar-refractivity contribution in [1.82, 2.24) is 0 Å². The van der Waals surface area contributed by atoms with Crippen molar-refractivity contribution in [2.75, 3.05) is 0 Å². The van der Waals surface area contributed by atoms with Gasteiger partial charge in [0.1, 0.15) is 0 Å². The molecular weight excluding hydrogens is 862 g/mol. The summed E-state index contributed by atoms with van der Waals surface area (Å²) in [6.45, 7) is 14.0. The van der Waals surface area contributed by atoms with Gasteiger partial charge >= 0.3 is 322 Å². The van der Waals surface area contributed by atoms with Crippen LogP contribution in [-0.2, 0) is 30.8 Å². The Balaban J connectivity index is 0.00000225.